The van der Waals surface area contributed by atoms with E-state index in [0.717, 1.165) is 23.2 Å². The van der Waals surface area contributed by atoms with Crippen molar-refractivity contribution in [3.63, 3.8) is 0 Å². The van der Waals surface area contributed by atoms with Gasteiger partial charge in [-0.05, 0) is 68.6 Å². The van der Waals surface area contributed by atoms with Crippen molar-refractivity contribution < 1.29 is 9.47 Å². The van der Waals surface area contributed by atoms with Gasteiger partial charge >= 0.3 is 0 Å². The third kappa shape index (κ3) is 2.14. The van der Waals surface area contributed by atoms with Crippen LogP contribution in [0.5, 0.6) is 0 Å². The van der Waals surface area contributed by atoms with E-state index in [0.29, 0.717) is 12.9 Å². The van der Waals surface area contributed by atoms with Gasteiger partial charge in [0.1, 0.15) is 6.79 Å². The zero-order chi connectivity index (χ0) is 13.8. The van der Waals surface area contributed by atoms with E-state index in [2.05, 4.69) is 13.8 Å². The summed E-state index contributed by atoms with van der Waals surface area (Å²) in [4.78, 5) is 0. The standard InChI is InChI=1S/C18H30O2/c1-17-8-13-10-18(2,11-14(9-17)16(13)17)20-12-19-15-6-4-3-5-7-15/h13-16H,3-12H2,1-2H3. The quantitative estimate of drug-likeness (QED) is 0.704. The molecule has 4 aliphatic carbocycles. The van der Waals surface area contributed by atoms with Gasteiger partial charge in [0.15, 0.2) is 0 Å². The van der Waals surface area contributed by atoms with Crippen LogP contribution in [0, 0.1) is 23.2 Å². The van der Waals surface area contributed by atoms with Crippen molar-refractivity contribution in [2.75, 3.05) is 6.79 Å². The highest BCUT2D eigenvalue weighted by atomic mass is 16.7. The van der Waals surface area contributed by atoms with Crippen LogP contribution < -0.4 is 0 Å². The maximum absolute atomic E-state index is 6.23. The minimum Gasteiger partial charge on any atom is -0.352 e. The topological polar surface area (TPSA) is 18.5 Å². The molecule has 4 saturated carbocycles. The molecule has 4 fully saturated rings. The van der Waals surface area contributed by atoms with Crippen molar-refractivity contribution in [2.45, 2.75) is 83.3 Å². The summed E-state index contributed by atoms with van der Waals surface area (Å²) < 4.78 is 12.2. The Bertz CT molecular complexity index is 356. The lowest BCUT2D eigenvalue weighted by Gasteiger charge is -2.71. The van der Waals surface area contributed by atoms with Crippen LogP contribution in [-0.4, -0.2) is 18.5 Å². The second-order valence-corrected chi connectivity index (χ2v) is 8.66. The average Bonchev–Trinajstić information content (AvgIpc) is 2.37. The predicted molar refractivity (Wildman–Crippen MR) is 79.4 cm³/mol. The maximum Gasteiger partial charge on any atom is 0.147 e. The lowest BCUT2D eigenvalue weighted by molar-refractivity contribution is -0.264. The maximum atomic E-state index is 6.23. The highest BCUT2D eigenvalue weighted by molar-refractivity contribution is 5.15. The molecule has 0 radical (unpaired) electrons. The highest BCUT2D eigenvalue weighted by Crippen LogP contribution is 2.72. The summed E-state index contributed by atoms with van der Waals surface area (Å²) in [6.45, 7) is 5.37. The lowest BCUT2D eigenvalue weighted by atomic mass is 9.35. The Morgan fingerprint density at radius 3 is 2.15 bits per heavy atom. The second kappa shape index (κ2) is 4.71. The first-order valence-corrected chi connectivity index (χ1v) is 8.84. The van der Waals surface area contributed by atoms with E-state index >= 15 is 0 Å². The molecule has 4 rings (SSSR count). The lowest BCUT2D eigenvalue weighted by Crippen LogP contribution is -2.65. The van der Waals surface area contributed by atoms with E-state index in [-0.39, 0.29) is 5.60 Å². The van der Waals surface area contributed by atoms with Gasteiger partial charge in [0.2, 0.25) is 0 Å². The fraction of sp³-hybridized carbons (Fsp3) is 1.00. The van der Waals surface area contributed by atoms with Gasteiger partial charge in [-0.25, -0.2) is 0 Å². The molecule has 4 aliphatic rings. The van der Waals surface area contributed by atoms with Gasteiger partial charge < -0.3 is 9.47 Å². The van der Waals surface area contributed by atoms with E-state index in [1.807, 2.05) is 0 Å². The zero-order valence-corrected chi connectivity index (χ0v) is 13.2. The SMILES string of the molecule is CC1(OCOC2CCCCC2)CC2CC3(C)CC(C1)C23. The van der Waals surface area contributed by atoms with Crippen LogP contribution >= 0.6 is 0 Å². The van der Waals surface area contributed by atoms with Crippen molar-refractivity contribution in [1.29, 1.82) is 0 Å². The molecule has 0 aromatic rings. The fourth-order valence-electron chi connectivity index (χ4n) is 6.22. The average molecular weight is 278 g/mol. The van der Waals surface area contributed by atoms with Crippen molar-refractivity contribution in [3.05, 3.63) is 0 Å². The second-order valence-electron chi connectivity index (χ2n) is 8.66. The Morgan fingerprint density at radius 1 is 0.900 bits per heavy atom. The molecular formula is C18H30O2. The summed E-state index contributed by atoms with van der Waals surface area (Å²) in [6.07, 6.45) is 12.5. The van der Waals surface area contributed by atoms with Gasteiger partial charge in [-0.3, -0.25) is 0 Å². The van der Waals surface area contributed by atoms with Crippen molar-refractivity contribution in [3.8, 4) is 0 Å². The molecule has 0 bridgehead atoms. The molecule has 2 atom stereocenters. The van der Waals surface area contributed by atoms with Crippen LogP contribution in [-0.2, 0) is 9.47 Å². The van der Waals surface area contributed by atoms with Crippen molar-refractivity contribution in [2.24, 2.45) is 23.2 Å². The summed E-state index contributed by atoms with van der Waals surface area (Å²) in [6, 6.07) is 0. The van der Waals surface area contributed by atoms with Crippen LogP contribution in [0.25, 0.3) is 0 Å². The molecule has 0 heterocycles. The predicted octanol–water partition coefficient (Wildman–Crippen LogP) is 4.52. The molecule has 0 aliphatic heterocycles. The van der Waals surface area contributed by atoms with Gasteiger partial charge in [-0.1, -0.05) is 26.2 Å². The van der Waals surface area contributed by atoms with Crippen LogP contribution in [0.15, 0.2) is 0 Å². The summed E-state index contributed by atoms with van der Waals surface area (Å²) in [5.41, 5.74) is 0.831. The van der Waals surface area contributed by atoms with Crippen molar-refractivity contribution >= 4 is 0 Å². The van der Waals surface area contributed by atoms with E-state index in [4.69, 9.17) is 9.47 Å². The van der Waals surface area contributed by atoms with Crippen LogP contribution in [0.2, 0.25) is 0 Å². The molecule has 0 saturated heterocycles. The first kappa shape index (κ1) is 13.6. The zero-order valence-electron chi connectivity index (χ0n) is 13.2. The Labute approximate surface area is 123 Å². The van der Waals surface area contributed by atoms with E-state index in [1.165, 1.54) is 57.8 Å². The number of hydrogen-bond acceptors (Lipinski definition) is 2. The van der Waals surface area contributed by atoms with E-state index < -0.39 is 0 Å². The number of hydrogen-bond donors (Lipinski definition) is 0. The molecule has 2 heteroatoms. The van der Waals surface area contributed by atoms with Gasteiger partial charge in [0, 0.05) is 0 Å². The van der Waals surface area contributed by atoms with E-state index in [9.17, 15) is 0 Å². The molecule has 0 aromatic heterocycles. The summed E-state index contributed by atoms with van der Waals surface area (Å²) in [5.74, 6) is 2.94. The molecule has 0 spiro atoms. The summed E-state index contributed by atoms with van der Waals surface area (Å²) in [5, 5.41) is 0. The van der Waals surface area contributed by atoms with Crippen LogP contribution in [0.4, 0.5) is 0 Å². The summed E-state index contributed by atoms with van der Waals surface area (Å²) >= 11 is 0. The minimum absolute atomic E-state index is 0.0995. The normalized spacial score (nSPS) is 51.0. The Kier molecular flexibility index (Phi) is 3.20. The third-order valence-corrected chi connectivity index (χ3v) is 6.93. The van der Waals surface area contributed by atoms with Crippen molar-refractivity contribution in [1.82, 2.24) is 0 Å². The van der Waals surface area contributed by atoms with E-state index in [1.54, 1.807) is 0 Å². The largest absolute Gasteiger partial charge is 0.352 e. The minimum atomic E-state index is 0.0995. The molecule has 0 amide bonds. The first-order valence-electron chi connectivity index (χ1n) is 8.84. The summed E-state index contributed by atoms with van der Waals surface area (Å²) in [7, 11) is 0. The van der Waals surface area contributed by atoms with Gasteiger partial charge in [-0.2, -0.15) is 0 Å². The van der Waals surface area contributed by atoms with Gasteiger partial charge in [0.25, 0.3) is 0 Å². The monoisotopic (exact) mass is 278 g/mol. The Balaban J connectivity index is 1.26. The van der Waals surface area contributed by atoms with Gasteiger partial charge in [0.05, 0.1) is 11.7 Å². The third-order valence-electron chi connectivity index (χ3n) is 6.93. The van der Waals surface area contributed by atoms with Gasteiger partial charge in [-0.15, -0.1) is 0 Å². The number of rotatable bonds is 4. The number of ether oxygens (including phenoxy) is 2. The molecule has 2 unspecified atom stereocenters. The smallest absolute Gasteiger partial charge is 0.147 e. The molecule has 2 nitrogen and oxygen atoms in total. The fourth-order valence-corrected chi connectivity index (χ4v) is 6.22. The molecular weight excluding hydrogens is 248 g/mol. The molecule has 114 valence electrons. The van der Waals surface area contributed by atoms with Crippen LogP contribution in [0.3, 0.4) is 0 Å². The first-order chi connectivity index (χ1) is 9.58. The van der Waals surface area contributed by atoms with Crippen LogP contribution in [0.1, 0.15) is 71.6 Å². The highest BCUT2D eigenvalue weighted by Gasteiger charge is 2.66. The molecule has 0 aromatic carbocycles. The molecule has 20 heavy (non-hydrogen) atoms. The Morgan fingerprint density at radius 2 is 1.55 bits per heavy atom. The molecule has 0 N–H and O–H groups in total. The Hall–Kier alpha value is -0.0800.